The molecule has 6 nitrogen and oxygen atoms in total. The number of thioether (sulfide) groups is 2. The largest absolute Gasteiger partial charge is 0.330 e. The van der Waals surface area contributed by atoms with Crippen LogP contribution in [0.3, 0.4) is 0 Å². The number of anilines is 2. The summed E-state index contributed by atoms with van der Waals surface area (Å²) in [6.45, 7) is 1.88. The molecule has 0 aliphatic rings. The molecular weight excluding hydrogens is 456 g/mol. The standard InChI is InChI=1S/C17H13F2N5OS4/c1-9-7-26-16-21-11(6-13(25)24(9)16)8-27-17-23-22-15(29-17)20-10-2-4-12(5-3-10)28-14(18)19/h2-7,14H,8H2,1H3,(H,20,22). The highest BCUT2D eigenvalue weighted by atomic mass is 32.2. The van der Waals surface area contributed by atoms with Crippen LogP contribution >= 0.6 is 46.2 Å². The second-order valence-corrected chi connectivity index (χ2v) is 9.87. The van der Waals surface area contributed by atoms with E-state index in [2.05, 4.69) is 20.5 Å². The normalized spacial score (nSPS) is 11.4. The fourth-order valence-corrected chi connectivity index (χ4v) is 5.53. The lowest BCUT2D eigenvalue weighted by Crippen LogP contribution is -2.14. The molecule has 0 atom stereocenters. The Morgan fingerprint density at radius 3 is 2.79 bits per heavy atom. The highest BCUT2D eigenvalue weighted by molar-refractivity contribution is 8.00. The van der Waals surface area contributed by atoms with Gasteiger partial charge in [-0.1, -0.05) is 34.9 Å². The summed E-state index contributed by atoms with van der Waals surface area (Å²) < 4.78 is 27.1. The molecule has 0 fully saturated rings. The Bertz CT molecular complexity index is 1190. The number of rotatable bonds is 7. The van der Waals surface area contributed by atoms with Crippen molar-refractivity contribution in [2.75, 3.05) is 5.32 Å². The topological polar surface area (TPSA) is 72.2 Å². The van der Waals surface area contributed by atoms with E-state index in [0.717, 1.165) is 15.7 Å². The quantitative estimate of drug-likeness (QED) is 0.370. The van der Waals surface area contributed by atoms with Crippen molar-refractivity contribution in [3.63, 3.8) is 0 Å². The fraction of sp³-hybridized carbons (Fsp3) is 0.176. The SMILES string of the molecule is Cc1csc2nc(CSc3nnc(Nc4ccc(SC(F)F)cc4)s3)cc(=O)n12. The number of nitrogens with one attached hydrogen (secondary N) is 1. The third kappa shape index (κ3) is 4.94. The minimum absolute atomic E-state index is 0.0857. The summed E-state index contributed by atoms with van der Waals surface area (Å²) in [5.74, 6) is -1.93. The van der Waals surface area contributed by atoms with Crippen LogP contribution in [0.5, 0.6) is 0 Å². The van der Waals surface area contributed by atoms with Gasteiger partial charge in [0.1, 0.15) is 0 Å². The predicted octanol–water partition coefficient (Wildman–Crippen LogP) is 5.27. The van der Waals surface area contributed by atoms with Crippen LogP contribution in [-0.2, 0) is 5.75 Å². The Balaban J connectivity index is 1.39. The van der Waals surface area contributed by atoms with Gasteiger partial charge in [-0.2, -0.15) is 8.78 Å². The van der Waals surface area contributed by atoms with Gasteiger partial charge in [-0.15, -0.1) is 21.5 Å². The Morgan fingerprint density at radius 1 is 1.24 bits per heavy atom. The van der Waals surface area contributed by atoms with Gasteiger partial charge in [0, 0.05) is 33.5 Å². The first-order valence-corrected chi connectivity index (χ1v) is 11.8. The van der Waals surface area contributed by atoms with Crippen molar-refractivity contribution in [3.05, 3.63) is 57.5 Å². The maximum atomic E-state index is 12.4. The number of hydrogen-bond acceptors (Lipinski definition) is 9. The molecule has 0 aliphatic heterocycles. The van der Waals surface area contributed by atoms with Crippen molar-refractivity contribution in [2.45, 2.75) is 27.7 Å². The molecule has 4 aromatic rings. The zero-order valence-corrected chi connectivity index (χ0v) is 18.1. The molecule has 150 valence electrons. The van der Waals surface area contributed by atoms with Crippen LogP contribution in [0.1, 0.15) is 11.4 Å². The Morgan fingerprint density at radius 2 is 2.03 bits per heavy atom. The summed E-state index contributed by atoms with van der Waals surface area (Å²) in [5, 5.41) is 13.8. The van der Waals surface area contributed by atoms with Gasteiger partial charge in [0.2, 0.25) is 5.13 Å². The smallest absolute Gasteiger partial charge is 0.288 e. The summed E-state index contributed by atoms with van der Waals surface area (Å²) in [4.78, 5) is 17.9. The van der Waals surface area contributed by atoms with Crippen molar-refractivity contribution in [1.82, 2.24) is 19.6 Å². The number of halogens is 2. The number of thiazole rings is 1. The van der Waals surface area contributed by atoms with Gasteiger partial charge in [-0.05, 0) is 31.2 Å². The van der Waals surface area contributed by atoms with Crippen LogP contribution in [0, 0.1) is 6.92 Å². The number of nitrogens with zero attached hydrogens (tertiary/aromatic N) is 4. The second kappa shape index (κ2) is 8.78. The number of benzene rings is 1. The van der Waals surface area contributed by atoms with E-state index in [9.17, 15) is 13.6 Å². The van der Waals surface area contributed by atoms with E-state index < -0.39 is 5.76 Å². The van der Waals surface area contributed by atoms with Crippen molar-refractivity contribution < 1.29 is 8.78 Å². The van der Waals surface area contributed by atoms with Gasteiger partial charge in [0.25, 0.3) is 11.3 Å². The van der Waals surface area contributed by atoms with Crippen LogP contribution in [0.2, 0.25) is 0 Å². The first kappa shape index (κ1) is 20.3. The Labute approximate surface area is 180 Å². The van der Waals surface area contributed by atoms with Crippen molar-refractivity contribution in [3.8, 4) is 0 Å². The monoisotopic (exact) mass is 469 g/mol. The molecule has 12 heteroatoms. The second-order valence-electron chi connectivity index (χ2n) is 5.77. The average Bonchev–Trinajstić information content (AvgIpc) is 3.28. The lowest BCUT2D eigenvalue weighted by molar-refractivity contribution is 0.252. The molecule has 29 heavy (non-hydrogen) atoms. The first-order valence-electron chi connectivity index (χ1n) is 8.23. The zero-order chi connectivity index (χ0) is 20.4. The van der Waals surface area contributed by atoms with Gasteiger partial charge >= 0.3 is 0 Å². The Kier molecular flexibility index (Phi) is 6.13. The highest BCUT2D eigenvalue weighted by Crippen LogP contribution is 2.31. The van der Waals surface area contributed by atoms with Gasteiger partial charge in [0.15, 0.2) is 9.30 Å². The maximum absolute atomic E-state index is 12.4. The summed E-state index contributed by atoms with van der Waals surface area (Å²) in [5.41, 5.74) is 2.22. The van der Waals surface area contributed by atoms with E-state index in [1.807, 2.05) is 12.3 Å². The van der Waals surface area contributed by atoms with Crippen LogP contribution in [0.25, 0.3) is 4.96 Å². The molecule has 1 N–H and O–H groups in total. The maximum Gasteiger partial charge on any atom is 0.288 e. The molecule has 0 amide bonds. The third-order valence-corrected chi connectivity index (χ3v) is 7.38. The molecule has 0 aliphatic carbocycles. The molecule has 4 rings (SSSR count). The number of alkyl halides is 2. The zero-order valence-electron chi connectivity index (χ0n) is 14.8. The van der Waals surface area contributed by atoms with E-state index >= 15 is 0 Å². The highest BCUT2D eigenvalue weighted by Gasteiger charge is 2.10. The summed E-state index contributed by atoms with van der Waals surface area (Å²) in [7, 11) is 0. The van der Waals surface area contributed by atoms with E-state index in [-0.39, 0.29) is 5.56 Å². The van der Waals surface area contributed by atoms with E-state index in [1.54, 1.807) is 34.7 Å². The van der Waals surface area contributed by atoms with Gasteiger partial charge in [0.05, 0.1) is 5.69 Å². The van der Waals surface area contributed by atoms with Crippen LogP contribution < -0.4 is 10.9 Å². The summed E-state index contributed by atoms with van der Waals surface area (Å²) in [6.07, 6.45) is 0. The lowest BCUT2D eigenvalue weighted by atomic mass is 10.3. The molecule has 0 spiro atoms. The molecule has 0 radical (unpaired) electrons. The number of aryl methyl sites for hydroxylation is 1. The lowest BCUT2D eigenvalue weighted by Gasteiger charge is -2.03. The third-order valence-electron chi connectivity index (χ3n) is 3.71. The van der Waals surface area contributed by atoms with Crippen molar-refractivity contribution in [2.24, 2.45) is 0 Å². The molecule has 0 saturated carbocycles. The van der Waals surface area contributed by atoms with E-state index in [4.69, 9.17) is 0 Å². The molecule has 1 aromatic carbocycles. The minimum atomic E-state index is -2.44. The van der Waals surface area contributed by atoms with Crippen LogP contribution in [-0.4, -0.2) is 25.3 Å². The number of hydrogen-bond donors (Lipinski definition) is 1. The Hall–Kier alpha value is -2.02. The molecule has 3 heterocycles. The molecule has 3 aromatic heterocycles. The fourth-order valence-electron chi connectivity index (χ4n) is 2.47. The van der Waals surface area contributed by atoms with Crippen molar-refractivity contribution in [1.29, 1.82) is 0 Å². The minimum Gasteiger partial charge on any atom is -0.330 e. The molecule has 0 saturated heterocycles. The predicted molar refractivity (Wildman–Crippen MR) is 115 cm³/mol. The van der Waals surface area contributed by atoms with Crippen LogP contribution in [0.15, 0.2) is 49.7 Å². The average molecular weight is 470 g/mol. The van der Waals surface area contributed by atoms with Crippen molar-refractivity contribution >= 4 is 62.0 Å². The summed E-state index contributed by atoms with van der Waals surface area (Å²) >= 11 is 4.76. The molecular formula is C17H13F2N5OS4. The summed E-state index contributed by atoms with van der Waals surface area (Å²) in [6, 6.07) is 8.23. The number of aromatic nitrogens is 4. The van der Waals surface area contributed by atoms with Gasteiger partial charge in [-0.3, -0.25) is 9.20 Å². The molecule has 0 bridgehead atoms. The van der Waals surface area contributed by atoms with Crippen LogP contribution in [0.4, 0.5) is 19.6 Å². The van der Waals surface area contributed by atoms with E-state index in [1.165, 1.54) is 34.4 Å². The first-order chi connectivity index (χ1) is 14.0. The van der Waals surface area contributed by atoms with Gasteiger partial charge in [-0.25, -0.2) is 4.98 Å². The molecule has 0 unspecified atom stereocenters. The van der Waals surface area contributed by atoms with E-state index in [0.29, 0.717) is 38.2 Å². The number of fused-ring (bicyclic) bond motifs is 1. The van der Waals surface area contributed by atoms with Gasteiger partial charge < -0.3 is 5.32 Å².